The number of benzene rings is 1. The SMILES string of the molecule is CN=C(NCc1cnc(C)s1)NCC(c1cccc(OC)c1)N1CCCC1. The first-order chi connectivity index (χ1) is 13.2. The number of hydrogen-bond donors (Lipinski definition) is 2. The van der Waals surface area contributed by atoms with Crippen molar-refractivity contribution in [1.82, 2.24) is 20.5 Å². The zero-order valence-electron chi connectivity index (χ0n) is 16.4. The maximum absolute atomic E-state index is 5.42. The van der Waals surface area contributed by atoms with Crippen molar-refractivity contribution in [3.05, 3.63) is 45.9 Å². The molecular weight excluding hydrogens is 358 g/mol. The minimum Gasteiger partial charge on any atom is -0.497 e. The van der Waals surface area contributed by atoms with Gasteiger partial charge >= 0.3 is 0 Å². The number of aliphatic imine (C=N–C) groups is 1. The van der Waals surface area contributed by atoms with E-state index in [1.807, 2.05) is 26.2 Å². The van der Waals surface area contributed by atoms with Gasteiger partial charge in [0.05, 0.1) is 24.7 Å². The lowest BCUT2D eigenvalue weighted by Crippen LogP contribution is -2.42. The molecule has 27 heavy (non-hydrogen) atoms. The molecule has 146 valence electrons. The van der Waals surface area contributed by atoms with E-state index in [1.54, 1.807) is 18.4 Å². The highest BCUT2D eigenvalue weighted by Gasteiger charge is 2.24. The molecule has 0 aliphatic carbocycles. The number of hydrogen-bond acceptors (Lipinski definition) is 5. The molecule has 1 unspecified atom stereocenters. The van der Waals surface area contributed by atoms with Gasteiger partial charge < -0.3 is 15.4 Å². The fraction of sp³-hybridized carbons (Fsp3) is 0.500. The van der Waals surface area contributed by atoms with Crippen molar-refractivity contribution in [3.8, 4) is 5.75 Å². The van der Waals surface area contributed by atoms with Gasteiger partial charge in [-0.1, -0.05) is 12.1 Å². The number of thiazole rings is 1. The van der Waals surface area contributed by atoms with Crippen LogP contribution in [0.2, 0.25) is 0 Å². The number of ether oxygens (including phenoxy) is 1. The van der Waals surface area contributed by atoms with Crippen LogP contribution >= 0.6 is 11.3 Å². The smallest absolute Gasteiger partial charge is 0.191 e. The van der Waals surface area contributed by atoms with Gasteiger partial charge in [0.25, 0.3) is 0 Å². The number of rotatable bonds is 7. The molecule has 2 N–H and O–H groups in total. The van der Waals surface area contributed by atoms with Gasteiger partial charge in [-0.3, -0.25) is 9.89 Å². The second kappa shape index (κ2) is 9.71. The van der Waals surface area contributed by atoms with E-state index in [-0.39, 0.29) is 0 Å². The van der Waals surface area contributed by atoms with Crippen molar-refractivity contribution < 1.29 is 4.74 Å². The van der Waals surface area contributed by atoms with Gasteiger partial charge in [-0.25, -0.2) is 4.98 Å². The van der Waals surface area contributed by atoms with E-state index >= 15 is 0 Å². The van der Waals surface area contributed by atoms with Crippen molar-refractivity contribution in [3.63, 3.8) is 0 Å². The van der Waals surface area contributed by atoms with E-state index in [2.05, 4.69) is 43.7 Å². The summed E-state index contributed by atoms with van der Waals surface area (Å²) in [6.07, 6.45) is 4.44. The number of guanidine groups is 1. The zero-order valence-corrected chi connectivity index (χ0v) is 17.2. The molecule has 2 aromatic rings. The number of likely N-dealkylation sites (tertiary alicyclic amines) is 1. The van der Waals surface area contributed by atoms with Crippen LogP contribution in [0.1, 0.15) is 34.3 Å². The van der Waals surface area contributed by atoms with E-state index in [1.165, 1.54) is 23.3 Å². The Hall–Kier alpha value is -2.12. The average molecular weight is 388 g/mol. The van der Waals surface area contributed by atoms with Gasteiger partial charge in [0.2, 0.25) is 0 Å². The van der Waals surface area contributed by atoms with Gasteiger partial charge in [0.1, 0.15) is 5.75 Å². The molecule has 2 heterocycles. The predicted molar refractivity (Wildman–Crippen MR) is 112 cm³/mol. The second-order valence-electron chi connectivity index (χ2n) is 6.69. The van der Waals surface area contributed by atoms with Crippen molar-refractivity contribution in [2.45, 2.75) is 32.4 Å². The van der Waals surface area contributed by atoms with Crippen LogP contribution in [0.3, 0.4) is 0 Å². The number of nitrogens with zero attached hydrogens (tertiary/aromatic N) is 3. The largest absolute Gasteiger partial charge is 0.497 e. The molecule has 1 aliphatic rings. The van der Waals surface area contributed by atoms with E-state index < -0.39 is 0 Å². The number of methoxy groups -OCH3 is 1. The molecule has 1 saturated heterocycles. The first-order valence-electron chi connectivity index (χ1n) is 9.43. The monoisotopic (exact) mass is 387 g/mol. The fourth-order valence-corrected chi connectivity index (χ4v) is 4.17. The van der Waals surface area contributed by atoms with Gasteiger partial charge in [-0.2, -0.15) is 0 Å². The Labute approximate surface area is 165 Å². The summed E-state index contributed by atoms with van der Waals surface area (Å²) in [5.74, 6) is 1.72. The average Bonchev–Trinajstić information content (AvgIpc) is 3.36. The lowest BCUT2D eigenvalue weighted by atomic mass is 10.1. The molecule has 3 rings (SSSR count). The quantitative estimate of drug-likeness (QED) is 0.565. The highest BCUT2D eigenvalue weighted by atomic mass is 32.1. The molecule has 1 aliphatic heterocycles. The Balaban J connectivity index is 1.64. The van der Waals surface area contributed by atoms with Gasteiger partial charge in [-0.15, -0.1) is 11.3 Å². The van der Waals surface area contributed by atoms with Crippen LogP contribution in [-0.2, 0) is 6.54 Å². The summed E-state index contributed by atoms with van der Waals surface area (Å²) < 4.78 is 5.42. The molecule has 0 spiro atoms. The van der Waals surface area contributed by atoms with E-state index in [0.717, 1.165) is 42.9 Å². The summed E-state index contributed by atoms with van der Waals surface area (Å²) in [5, 5.41) is 7.97. The third-order valence-electron chi connectivity index (χ3n) is 4.85. The lowest BCUT2D eigenvalue weighted by molar-refractivity contribution is 0.245. The molecule has 1 atom stereocenters. The Morgan fingerprint density at radius 1 is 1.33 bits per heavy atom. The second-order valence-corrected chi connectivity index (χ2v) is 8.01. The van der Waals surface area contributed by atoms with E-state index in [0.29, 0.717) is 6.04 Å². The van der Waals surface area contributed by atoms with Crippen molar-refractivity contribution in [2.75, 3.05) is 33.8 Å². The summed E-state index contributed by atoms with van der Waals surface area (Å²) in [6, 6.07) is 8.68. The van der Waals surface area contributed by atoms with Crippen LogP contribution in [0.15, 0.2) is 35.5 Å². The molecule has 0 saturated carbocycles. The summed E-state index contributed by atoms with van der Waals surface area (Å²) in [4.78, 5) is 12.4. The minimum absolute atomic E-state index is 0.298. The molecule has 0 radical (unpaired) electrons. The highest BCUT2D eigenvalue weighted by Crippen LogP contribution is 2.27. The predicted octanol–water partition coefficient (Wildman–Crippen LogP) is 2.96. The Kier molecular flexibility index (Phi) is 7.06. The van der Waals surface area contributed by atoms with E-state index in [9.17, 15) is 0 Å². The zero-order chi connectivity index (χ0) is 19.1. The summed E-state index contributed by atoms with van der Waals surface area (Å²) in [7, 11) is 3.53. The highest BCUT2D eigenvalue weighted by molar-refractivity contribution is 7.11. The maximum Gasteiger partial charge on any atom is 0.191 e. The standard InChI is InChI=1S/C20H29N5OS/c1-15-22-12-18(27-15)13-23-20(21-2)24-14-19(25-9-4-5-10-25)16-7-6-8-17(11-16)26-3/h6-8,11-12,19H,4-5,9-10,13-14H2,1-3H3,(H2,21,23,24). The molecule has 6 nitrogen and oxygen atoms in total. The van der Waals surface area contributed by atoms with Gasteiger partial charge in [0, 0.05) is 24.7 Å². The summed E-state index contributed by atoms with van der Waals surface area (Å²) >= 11 is 1.71. The molecule has 7 heteroatoms. The van der Waals surface area contributed by atoms with Gasteiger partial charge in [0.15, 0.2) is 5.96 Å². The first-order valence-corrected chi connectivity index (χ1v) is 10.2. The summed E-state index contributed by atoms with van der Waals surface area (Å²) in [6.45, 7) is 5.83. The van der Waals surface area contributed by atoms with E-state index in [4.69, 9.17) is 4.74 Å². The van der Waals surface area contributed by atoms with Crippen molar-refractivity contribution in [2.24, 2.45) is 4.99 Å². The van der Waals surface area contributed by atoms with Crippen LogP contribution in [-0.4, -0.2) is 49.6 Å². The van der Waals surface area contributed by atoms with Gasteiger partial charge in [-0.05, 0) is 50.6 Å². The summed E-state index contributed by atoms with van der Waals surface area (Å²) in [5.41, 5.74) is 1.28. The molecule has 1 aromatic heterocycles. The first kappa shape index (κ1) is 19.6. The topological polar surface area (TPSA) is 61.8 Å². The number of aryl methyl sites for hydroxylation is 1. The van der Waals surface area contributed by atoms with Crippen molar-refractivity contribution >= 4 is 17.3 Å². The lowest BCUT2D eigenvalue weighted by Gasteiger charge is -2.29. The molecule has 1 aromatic carbocycles. The normalized spacial score (nSPS) is 16.3. The van der Waals surface area contributed by atoms with Crippen LogP contribution in [0.25, 0.3) is 0 Å². The number of nitrogens with one attached hydrogen (secondary N) is 2. The number of aromatic nitrogens is 1. The van der Waals surface area contributed by atoms with Crippen LogP contribution in [0.4, 0.5) is 0 Å². The third kappa shape index (κ3) is 5.43. The Morgan fingerprint density at radius 3 is 2.81 bits per heavy atom. The molecule has 0 amide bonds. The molecular formula is C20H29N5OS. The fourth-order valence-electron chi connectivity index (χ4n) is 3.43. The Bertz CT molecular complexity index is 754. The van der Waals surface area contributed by atoms with Crippen LogP contribution < -0.4 is 15.4 Å². The Morgan fingerprint density at radius 2 is 2.15 bits per heavy atom. The van der Waals surface area contributed by atoms with Crippen LogP contribution in [0, 0.1) is 6.92 Å². The van der Waals surface area contributed by atoms with Crippen LogP contribution in [0.5, 0.6) is 5.75 Å². The molecule has 1 fully saturated rings. The maximum atomic E-state index is 5.42. The minimum atomic E-state index is 0.298. The van der Waals surface area contributed by atoms with Crippen molar-refractivity contribution in [1.29, 1.82) is 0 Å². The third-order valence-corrected chi connectivity index (χ3v) is 5.76. The molecule has 0 bridgehead atoms.